The van der Waals surface area contributed by atoms with Crippen LogP contribution < -0.4 is 5.32 Å². The smallest absolute Gasteiger partial charge is 0.414 e. The third-order valence-electron chi connectivity index (χ3n) is 3.26. The predicted molar refractivity (Wildman–Crippen MR) is 92.9 cm³/mol. The van der Waals surface area contributed by atoms with E-state index in [1.54, 1.807) is 0 Å². The minimum Gasteiger partial charge on any atom is -0.473 e. The number of aliphatic carboxylic acids is 2. The molecule has 0 saturated carbocycles. The number of benzene rings is 1. The third-order valence-corrected chi connectivity index (χ3v) is 3.76. The van der Waals surface area contributed by atoms with Crippen molar-refractivity contribution in [3.05, 3.63) is 33.9 Å². The maximum Gasteiger partial charge on any atom is 0.414 e. The summed E-state index contributed by atoms with van der Waals surface area (Å²) in [6.07, 6.45) is 3.40. The highest BCUT2D eigenvalue weighted by Crippen LogP contribution is 2.26. The third kappa shape index (κ3) is 5.69. The Bertz CT molecular complexity index is 670. The molecule has 0 spiro atoms. The quantitative estimate of drug-likeness (QED) is 0.593. The van der Waals surface area contributed by atoms with Gasteiger partial charge >= 0.3 is 11.9 Å². The Labute approximate surface area is 143 Å². The van der Waals surface area contributed by atoms with E-state index in [-0.39, 0.29) is 0 Å². The summed E-state index contributed by atoms with van der Waals surface area (Å²) in [6, 6.07) is 6.49. The van der Waals surface area contributed by atoms with E-state index in [9.17, 15) is 0 Å². The van der Waals surface area contributed by atoms with Gasteiger partial charge in [0.1, 0.15) is 0 Å². The Kier molecular flexibility index (Phi) is 7.77. The first kappa shape index (κ1) is 19.2. The van der Waals surface area contributed by atoms with Gasteiger partial charge in [-0.3, -0.25) is 0 Å². The van der Waals surface area contributed by atoms with Gasteiger partial charge in [0.05, 0.1) is 0 Å². The number of H-pyrrole nitrogens is 1. The number of hydrogen-bond donors (Lipinski definition) is 4. The van der Waals surface area contributed by atoms with Crippen molar-refractivity contribution >= 4 is 38.8 Å². The molecule has 0 unspecified atom stereocenters. The van der Waals surface area contributed by atoms with Crippen molar-refractivity contribution in [2.45, 2.75) is 26.2 Å². The van der Waals surface area contributed by atoms with E-state index in [0.29, 0.717) is 0 Å². The largest absolute Gasteiger partial charge is 0.473 e. The minimum absolute atomic E-state index is 1.03. The van der Waals surface area contributed by atoms with Crippen LogP contribution in [-0.2, 0) is 22.4 Å². The average Bonchev–Trinajstić information content (AvgIpc) is 2.82. The fourth-order valence-corrected chi connectivity index (χ4v) is 2.64. The molecule has 0 saturated heterocycles. The zero-order valence-electron chi connectivity index (χ0n) is 13.1. The molecule has 0 atom stereocenters. The molecular weight excluding hydrogens is 364 g/mol. The van der Waals surface area contributed by atoms with Crippen LogP contribution in [0.15, 0.2) is 22.7 Å². The van der Waals surface area contributed by atoms with Crippen molar-refractivity contribution in [1.82, 2.24) is 10.3 Å². The molecule has 0 fully saturated rings. The van der Waals surface area contributed by atoms with E-state index in [1.807, 2.05) is 7.05 Å². The first-order valence-corrected chi connectivity index (χ1v) is 8.09. The van der Waals surface area contributed by atoms with Crippen LogP contribution in [0, 0.1) is 0 Å². The molecule has 2 aromatic rings. The lowest BCUT2D eigenvalue weighted by Gasteiger charge is -2.03. The van der Waals surface area contributed by atoms with Gasteiger partial charge in [-0.15, -0.1) is 0 Å². The zero-order valence-corrected chi connectivity index (χ0v) is 14.7. The number of carbonyl (C=O) groups is 2. The molecule has 7 heteroatoms. The summed E-state index contributed by atoms with van der Waals surface area (Å²) in [4.78, 5) is 21.8. The number of hydrogen-bond acceptors (Lipinski definition) is 3. The van der Waals surface area contributed by atoms with Gasteiger partial charge < -0.3 is 20.5 Å². The number of aromatic nitrogens is 1. The van der Waals surface area contributed by atoms with Gasteiger partial charge in [-0.1, -0.05) is 35.3 Å². The normalized spacial score (nSPS) is 10.2. The van der Waals surface area contributed by atoms with E-state index in [2.05, 4.69) is 51.4 Å². The first-order chi connectivity index (χ1) is 10.9. The van der Waals surface area contributed by atoms with Crippen molar-refractivity contribution < 1.29 is 19.8 Å². The molecule has 0 amide bonds. The maximum atomic E-state index is 9.10. The van der Waals surface area contributed by atoms with E-state index in [0.717, 1.165) is 23.9 Å². The second kappa shape index (κ2) is 9.32. The second-order valence-corrected chi connectivity index (χ2v) is 5.90. The number of aryl methyl sites for hydroxylation is 1. The number of nitrogens with one attached hydrogen (secondary N) is 2. The van der Waals surface area contributed by atoms with Crippen LogP contribution in [0.25, 0.3) is 10.9 Å². The second-order valence-electron chi connectivity index (χ2n) is 4.99. The topological polar surface area (TPSA) is 102 Å². The van der Waals surface area contributed by atoms with Gasteiger partial charge in [-0.25, -0.2) is 9.59 Å². The van der Waals surface area contributed by atoms with Crippen LogP contribution in [0.3, 0.4) is 0 Å². The lowest BCUT2D eigenvalue weighted by molar-refractivity contribution is -0.159. The van der Waals surface area contributed by atoms with Crippen LogP contribution in [-0.4, -0.2) is 40.7 Å². The fourth-order valence-electron chi connectivity index (χ4n) is 2.28. The first-order valence-electron chi connectivity index (χ1n) is 7.30. The molecule has 4 N–H and O–H groups in total. The molecule has 1 aromatic carbocycles. The van der Waals surface area contributed by atoms with Crippen LogP contribution in [0.2, 0.25) is 0 Å². The fraction of sp³-hybridized carbons (Fsp3) is 0.375. The minimum atomic E-state index is -1.82. The van der Waals surface area contributed by atoms with Crippen LogP contribution in [0.5, 0.6) is 0 Å². The molecular formula is C16H21BrN2O4. The van der Waals surface area contributed by atoms with Crippen molar-refractivity contribution in [1.29, 1.82) is 0 Å². The van der Waals surface area contributed by atoms with Gasteiger partial charge in [0.25, 0.3) is 0 Å². The number of carboxylic acids is 2. The number of fused-ring (bicyclic) bond motifs is 1. The number of halogens is 1. The molecule has 0 aliphatic carbocycles. The van der Waals surface area contributed by atoms with E-state index >= 15 is 0 Å². The molecule has 1 heterocycles. The van der Waals surface area contributed by atoms with E-state index < -0.39 is 11.9 Å². The number of likely N-dealkylation sites (N-methyl/N-ethyl adjacent to an activating group) is 1. The number of rotatable bonds is 5. The molecule has 0 aliphatic rings. The van der Waals surface area contributed by atoms with Gasteiger partial charge in [-0.05, 0) is 44.1 Å². The molecule has 126 valence electrons. The van der Waals surface area contributed by atoms with Gasteiger partial charge in [0, 0.05) is 21.1 Å². The summed E-state index contributed by atoms with van der Waals surface area (Å²) >= 11 is 3.53. The lowest BCUT2D eigenvalue weighted by atomic mass is 10.1. The molecule has 6 nitrogen and oxygen atoms in total. The molecule has 0 aliphatic heterocycles. The lowest BCUT2D eigenvalue weighted by Crippen LogP contribution is -2.11. The summed E-state index contributed by atoms with van der Waals surface area (Å²) in [5.41, 5.74) is 4.12. The van der Waals surface area contributed by atoms with Gasteiger partial charge in [-0.2, -0.15) is 0 Å². The summed E-state index contributed by atoms with van der Waals surface area (Å²) in [5.74, 6) is -3.65. The maximum absolute atomic E-state index is 9.10. The Morgan fingerprint density at radius 3 is 2.39 bits per heavy atom. The Morgan fingerprint density at radius 2 is 1.87 bits per heavy atom. The van der Waals surface area contributed by atoms with Crippen molar-refractivity contribution in [2.24, 2.45) is 0 Å². The molecule has 2 rings (SSSR count). The standard InChI is InChI=1S/C14H19BrN2.C2H2O4/c1-3-4-13-12(7-8-16-2)11-6-5-10(15)9-14(11)17-13;3-1(4)2(5)6/h5-6,9,16-17H,3-4,7-8H2,1-2H3;(H,3,4)(H,5,6). The highest BCUT2D eigenvalue weighted by molar-refractivity contribution is 9.10. The van der Waals surface area contributed by atoms with Crippen molar-refractivity contribution in [3.8, 4) is 0 Å². The monoisotopic (exact) mass is 384 g/mol. The highest BCUT2D eigenvalue weighted by atomic mass is 79.9. The number of carboxylic acid groups (broad SMARTS) is 2. The number of aromatic amines is 1. The molecule has 1 aromatic heterocycles. The Hall–Kier alpha value is -1.86. The summed E-state index contributed by atoms with van der Waals surface area (Å²) < 4.78 is 1.13. The Balaban J connectivity index is 0.000000379. The molecule has 0 bridgehead atoms. The van der Waals surface area contributed by atoms with Gasteiger partial charge in [0.15, 0.2) is 0 Å². The van der Waals surface area contributed by atoms with Gasteiger partial charge in [0.2, 0.25) is 0 Å². The van der Waals surface area contributed by atoms with E-state index in [1.165, 1.54) is 28.6 Å². The zero-order chi connectivity index (χ0) is 17.4. The highest BCUT2D eigenvalue weighted by Gasteiger charge is 2.10. The molecule has 23 heavy (non-hydrogen) atoms. The Morgan fingerprint density at radius 1 is 1.22 bits per heavy atom. The SMILES string of the molecule is CCCc1[nH]c2cc(Br)ccc2c1CCNC.O=C(O)C(=O)O. The van der Waals surface area contributed by atoms with Crippen molar-refractivity contribution in [3.63, 3.8) is 0 Å². The van der Waals surface area contributed by atoms with Crippen LogP contribution in [0.1, 0.15) is 24.6 Å². The molecule has 0 radical (unpaired) electrons. The summed E-state index contributed by atoms with van der Waals surface area (Å²) in [7, 11) is 2.00. The van der Waals surface area contributed by atoms with Crippen molar-refractivity contribution in [2.75, 3.05) is 13.6 Å². The summed E-state index contributed by atoms with van der Waals surface area (Å²) in [5, 5.41) is 19.4. The average molecular weight is 385 g/mol. The van der Waals surface area contributed by atoms with E-state index in [4.69, 9.17) is 19.8 Å². The van der Waals surface area contributed by atoms with Crippen LogP contribution >= 0.6 is 15.9 Å². The summed E-state index contributed by atoms with van der Waals surface area (Å²) in [6.45, 7) is 3.25. The predicted octanol–water partition coefficient (Wildman–Crippen LogP) is 2.80. The van der Waals surface area contributed by atoms with Crippen LogP contribution in [0.4, 0.5) is 0 Å².